The highest BCUT2D eigenvalue weighted by atomic mass is 15.4. The number of nitrogens with one attached hydrogen (secondary N) is 1. The highest BCUT2D eigenvalue weighted by Crippen LogP contribution is 2.31. The third kappa shape index (κ3) is 1.81. The lowest BCUT2D eigenvalue weighted by molar-refractivity contribution is 0.240. The summed E-state index contributed by atoms with van der Waals surface area (Å²) in [7, 11) is 0. The molecule has 0 spiro atoms. The van der Waals surface area contributed by atoms with Gasteiger partial charge in [-0.05, 0) is 18.6 Å². The Morgan fingerprint density at radius 2 is 2.40 bits per heavy atom. The molecular formula is C11H16N4. The average Bonchev–Trinajstić information content (AvgIpc) is 2.80. The largest absolute Gasteiger partial charge is 0.365 e. The van der Waals surface area contributed by atoms with Crippen LogP contribution in [0.4, 0.5) is 0 Å². The molecule has 0 atom stereocenters. The van der Waals surface area contributed by atoms with E-state index in [0.717, 1.165) is 32.5 Å². The lowest BCUT2D eigenvalue weighted by Crippen LogP contribution is -2.32. The van der Waals surface area contributed by atoms with Crippen LogP contribution < -0.4 is 0 Å². The molecule has 80 valence electrons. The van der Waals surface area contributed by atoms with E-state index < -0.39 is 0 Å². The minimum Gasteiger partial charge on any atom is -0.365 e. The molecule has 2 aliphatic heterocycles. The number of hydrogen-bond acceptors (Lipinski definition) is 3. The van der Waals surface area contributed by atoms with Crippen LogP contribution >= 0.6 is 0 Å². The molecular weight excluding hydrogens is 188 g/mol. The topological polar surface area (TPSA) is 43.8 Å². The van der Waals surface area contributed by atoms with E-state index in [1.165, 1.54) is 11.3 Å². The first-order valence-corrected chi connectivity index (χ1v) is 5.57. The third-order valence-electron chi connectivity index (χ3n) is 3.34. The van der Waals surface area contributed by atoms with Crippen molar-refractivity contribution in [2.75, 3.05) is 13.1 Å². The molecule has 1 aromatic rings. The Balaban J connectivity index is 1.57. The Bertz CT molecular complexity index is 387. The van der Waals surface area contributed by atoms with Crippen molar-refractivity contribution in [1.29, 1.82) is 0 Å². The third-order valence-corrected chi connectivity index (χ3v) is 3.34. The molecule has 0 radical (unpaired) electrons. The van der Waals surface area contributed by atoms with Gasteiger partial charge in [-0.1, -0.05) is 0 Å². The first-order chi connectivity index (χ1) is 7.25. The van der Waals surface area contributed by atoms with Gasteiger partial charge >= 0.3 is 0 Å². The van der Waals surface area contributed by atoms with Crippen LogP contribution in [0.2, 0.25) is 0 Å². The van der Waals surface area contributed by atoms with E-state index in [1.807, 2.05) is 6.20 Å². The van der Waals surface area contributed by atoms with Crippen LogP contribution in [-0.4, -0.2) is 28.6 Å². The highest BCUT2D eigenvalue weighted by molar-refractivity contribution is 5.22. The molecule has 4 heteroatoms. The second-order valence-corrected chi connectivity index (χ2v) is 4.67. The first-order valence-electron chi connectivity index (χ1n) is 5.57. The van der Waals surface area contributed by atoms with Crippen LogP contribution in [0, 0.1) is 0 Å². The monoisotopic (exact) mass is 204 g/mol. The van der Waals surface area contributed by atoms with Gasteiger partial charge in [-0.3, -0.25) is 4.90 Å². The minimum absolute atomic E-state index is 0.0432. The number of H-pyrrole nitrogens is 1. The van der Waals surface area contributed by atoms with E-state index in [-0.39, 0.29) is 5.66 Å². The van der Waals surface area contributed by atoms with E-state index in [2.05, 4.69) is 33.1 Å². The second kappa shape index (κ2) is 3.17. The molecule has 0 saturated heterocycles. The Morgan fingerprint density at radius 3 is 3.20 bits per heavy atom. The zero-order valence-electron chi connectivity index (χ0n) is 9.03. The molecule has 0 bridgehead atoms. The Labute approximate surface area is 89.4 Å². The van der Waals surface area contributed by atoms with E-state index in [1.54, 1.807) is 0 Å². The van der Waals surface area contributed by atoms with Crippen LogP contribution in [0.15, 0.2) is 22.5 Å². The summed E-state index contributed by atoms with van der Waals surface area (Å²) in [4.78, 5) is 5.79. The fraction of sp³-hybridized carbons (Fsp3) is 0.636. The van der Waals surface area contributed by atoms with Gasteiger partial charge in [0.1, 0.15) is 0 Å². The number of rotatable bonds is 3. The average molecular weight is 204 g/mol. The molecule has 0 aliphatic carbocycles. The summed E-state index contributed by atoms with van der Waals surface area (Å²) in [6.45, 7) is 5.44. The maximum absolute atomic E-state index is 4.05. The van der Waals surface area contributed by atoms with Gasteiger partial charge in [-0.15, -0.1) is 0 Å². The Kier molecular flexibility index (Phi) is 1.92. The van der Waals surface area contributed by atoms with Crippen molar-refractivity contribution >= 4 is 0 Å². The predicted octanol–water partition coefficient (Wildman–Crippen LogP) is 1.94. The number of nitrogens with zero attached hydrogens (tertiary/aromatic N) is 3. The van der Waals surface area contributed by atoms with Crippen LogP contribution in [-0.2, 0) is 13.0 Å². The fourth-order valence-electron chi connectivity index (χ4n) is 2.15. The van der Waals surface area contributed by atoms with E-state index >= 15 is 0 Å². The molecule has 0 fully saturated rings. The van der Waals surface area contributed by atoms with Gasteiger partial charge in [-0.2, -0.15) is 10.2 Å². The van der Waals surface area contributed by atoms with Crippen molar-refractivity contribution in [3.8, 4) is 0 Å². The van der Waals surface area contributed by atoms with Crippen LogP contribution in [0.1, 0.15) is 24.6 Å². The molecule has 0 amide bonds. The number of hydrogen-bond donors (Lipinski definition) is 1. The molecule has 1 N–H and O–H groups in total. The van der Waals surface area contributed by atoms with E-state index in [9.17, 15) is 0 Å². The minimum atomic E-state index is -0.0432. The smallest absolute Gasteiger partial charge is 0.189 e. The van der Waals surface area contributed by atoms with Crippen LogP contribution in [0.25, 0.3) is 0 Å². The van der Waals surface area contributed by atoms with Crippen molar-refractivity contribution in [2.45, 2.75) is 32.0 Å². The van der Waals surface area contributed by atoms with Gasteiger partial charge in [0.25, 0.3) is 0 Å². The number of aromatic nitrogens is 1. The Hall–Kier alpha value is -1.16. The molecule has 1 aromatic heterocycles. The normalized spacial score (nSPS) is 22.7. The lowest BCUT2D eigenvalue weighted by atomic mass is 10.1. The van der Waals surface area contributed by atoms with Gasteiger partial charge in [-0.25, -0.2) is 0 Å². The summed E-state index contributed by atoms with van der Waals surface area (Å²) in [5.41, 5.74) is 2.83. The molecule has 3 rings (SSSR count). The van der Waals surface area contributed by atoms with Crippen molar-refractivity contribution in [1.82, 2.24) is 9.88 Å². The molecule has 2 aliphatic rings. The number of fused-ring (bicyclic) bond motifs is 1. The summed E-state index contributed by atoms with van der Waals surface area (Å²) in [6, 6.07) is 2.19. The second-order valence-electron chi connectivity index (χ2n) is 4.67. The molecule has 0 unspecified atom stereocenters. The fourth-order valence-corrected chi connectivity index (χ4v) is 2.15. The highest BCUT2D eigenvalue weighted by Gasteiger charge is 2.34. The van der Waals surface area contributed by atoms with Crippen molar-refractivity contribution in [3.63, 3.8) is 0 Å². The van der Waals surface area contributed by atoms with Crippen molar-refractivity contribution in [2.24, 2.45) is 10.2 Å². The number of aromatic amines is 1. The zero-order valence-corrected chi connectivity index (χ0v) is 9.03. The molecule has 0 aromatic carbocycles. The molecule has 0 saturated carbocycles. The molecule has 15 heavy (non-hydrogen) atoms. The van der Waals surface area contributed by atoms with Gasteiger partial charge < -0.3 is 4.98 Å². The van der Waals surface area contributed by atoms with Gasteiger partial charge in [0.2, 0.25) is 0 Å². The quantitative estimate of drug-likeness (QED) is 0.803. The summed E-state index contributed by atoms with van der Waals surface area (Å²) in [6.07, 6.45) is 4.25. The van der Waals surface area contributed by atoms with E-state index in [4.69, 9.17) is 0 Å². The van der Waals surface area contributed by atoms with Crippen molar-refractivity contribution in [3.05, 3.63) is 23.5 Å². The van der Waals surface area contributed by atoms with Crippen LogP contribution in [0.5, 0.6) is 0 Å². The van der Waals surface area contributed by atoms with Crippen molar-refractivity contribution < 1.29 is 0 Å². The van der Waals surface area contributed by atoms with Gasteiger partial charge in [0, 0.05) is 44.4 Å². The maximum Gasteiger partial charge on any atom is 0.189 e. The zero-order chi connectivity index (χ0) is 10.3. The van der Waals surface area contributed by atoms with Crippen LogP contribution in [0.3, 0.4) is 0 Å². The van der Waals surface area contributed by atoms with Gasteiger partial charge in [0.15, 0.2) is 5.66 Å². The summed E-state index contributed by atoms with van der Waals surface area (Å²) < 4.78 is 0. The van der Waals surface area contributed by atoms with Gasteiger partial charge in [0.05, 0.1) is 0 Å². The predicted molar refractivity (Wildman–Crippen MR) is 57.7 cm³/mol. The summed E-state index contributed by atoms with van der Waals surface area (Å²) in [5, 5.41) is 8.09. The first kappa shape index (κ1) is 9.09. The standard InChI is InChI=1S/C11H16N4/c1-11(13-14-11)4-7-15-6-3-10-9(8-15)2-5-12-10/h2,5,12H,3-4,6-8H2,1H3. The molecule has 4 nitrogen and oxygen atoms in total. The SMILES string of the molecule is CC1(CCN2CCc3[nH]ccc3C2)N=N1. The summed E-state index contributed by atoms with van der Waals surface area (Å²) in [5.74, 6) is 0. The molecule has 3 heterocycles. The van der Waals surface area contributed by atoms with E-state index in [0.29, 0.717) is 0 Å². The maximum atomic E-state index is 4.05. The lowest BCUT2D eigenvalue weighted by Gasteiger charge is -2.27. The Morgan fingerprint density at radius 1 is 1.53 bits per heavy atom. The summed E-state index contributed by atoms with van der Waals surface area (Å²) >= 11 is 0.